The highest BCUT2D eigenvalue weighted by atomic mass is 16.5. The number of fused-ring (bicyclic) bond motifs is 1. The summed E-state index contributed by atoms with van der Waals surface area (Å²) < 4.78 is 13.3. The van der Waals surface area contributed by atoms with E-state index >= 15 is 0 Å². The Bertz CT molecular complexity index is 1060. The molecule has 0 aliphatic carbocycles. The van der Waals surface area contributed by atoms with Crippen LogP contribution in [-0.4, -0.2) is 38.7 Å². The lowest BCUT2D eigenvalue weighted by Gasteiger charge is -2.28. The van der Waals surface area contributed by atoms with Crippen molar-refractivity contribution < 1.29 is 14.3 Å². The van der Waals surface area contributed by atoms with Crippen molar-refractivity contribution >= 4 is 5.91 Å². The average molecular weight is 421 g/mol. The molecule has 0 unspecified atom stereocenters. The van der Waals surface area contributed by atoms with Crippen LogP contribution in [0.4, 0.5) is 0 Å². The molecule has 0 atom stereocenters. The minimum absolute atomic E-state index is 0.117. The third kappa shape index (κ3) is 4.87. The standard InChI is InChI=1S/C24H28N4O3/c1-4-30-19-7-5-18(6-8-19)14-24(29)28-12-10-22-20(15-28)21(26-27(22)3)16-31-23-13-17(2)9-11-25-23/h5-9,11,13H,4,10,12,14-16H2,1-3H3. The van der Waals surface area contributed by atoms with Crippen molar-refractivity contribution in [3.8, 4) is 11.6 Å². The van der Waals surface area contributed by atoms with Crippen molar-refractivity contribution in [2.75, 3.05) is 13.2 Å². The molecule has 0 radical (unpaired) electrons. The lowest BCUT2D eigenvalue weighted by molar-refractivity contribution is -0.131. The largest absolute Gasteiger partial charge is 0.494 e. The molecule has 1 amide bonds. The third-order valence-electron chi connectivity index (χ3n) is 5.52. The molecule has 0 N–H and O–H groups in total. The third-order valence-corrected chi connectivity index (χ3v) is 5.52. The van der Waals surface area contributed by atoms with Gasteiger partial charge in [-0.05, 0) is 43.2 Å². The van der Waals surface area contributed by atoms with Crippen molar-refractivity contribution in [3.05, 3.63) is 70.7 Å². The summed E-state index contributed by atoms with van der Waals surface area (Å²) in [6, 6.07) is 11.6. The van der Waals surface area contributed by atoms with Crippen LogP contribution < -0.4 is 9.47 Å². The molecule has 3 aromatic rings. The normalized spacial score (nSPS) is 13.1. The number of carbonyl (C=O) groups excluding carboxylic acids is 1. The molecule has 2 aromatic heterocycles. The first-order chi connectivity index (χ1) is 15.0. The number of carbonyl (C=O) groups is 1. The van der Waals surface area contributed by atoms with Gasteiger partial charge in [0.2, 0.25) is 11.8 Å². The molecule has 0 spiro atoms. The van der Waals surface area contributed by atoms with Crippen LogP contribution in [0, 0.1) is 6.92 Å². The molecular formula is C24H28N4O3. The van der Waals surface area contributed by atoms with Gasteiger partial charge in [-0.15, -0.1) is 0 Å². The number of amides is 1. The van der Waals surface area contributed by atoms with E-state index in [9.17, 15) is 4.79 Å². The monoisotopic (exact) mass is 420 g/mol. The fourth-order valence-electron chi connectivity index (χ4n) is 3.88. The van der Waals surface area contributed by atoms with Crippen LogP contribution in [0.2, 0.25) is 0 Å². The lowest BCUT2D eigenvalue weighted by atomic mass is 10.0. The van der Waals surface area contributed by atoms with E-state index in [1.807, 2.05) is 66.9 Å². The Balaban J connectivity index is 1.42. The fourth-order valence-corrected chi connectivity index (χ4v) is 3.88. The number of aromatic nitrogens is 3. The molecule has 0 saturated carbocycles. The Morgan fingerprint density at radius 2 is 1.97 bits per heavy atom. The first-order valence-corrected chi connectivity index (χ1v) is 10.6. The molecule has 0 saturated heterocycles. The van der Waals surface area contributed by atoms with E-state index in [0.717, 1.165) is 34.6 Å². The van der Waals surface area contributed by atoms with Crippen molar-refractivity contribution in [3.63, 3.8) is 0 Å². The molecule has 1 aliphatic heterocycles. The molecule has 7 nitrogen and oxygen atoms in total. The zero-order chi connectivity index (χ0) is 21.8. The highest BCUT2D eigenvalue weighted by molar-refractivity contribution is 5.79. The van der Waals surface area contributed by atoms with Crippen LogP contribution in [0.3, 0.4) is 0 Å². The van der Waals surface area contributed by atoms with Gasteiger partial charge in [0.1, 0.15) is 18.1 Å². The highest BCUT2D eigenvalue weighted by Gasteiger charge is 2.27. The summed E-state index contributed by atoms with van der Waals surface area (Å²) in [5, 5.41) is 4.65. The van der Waals surface area contributed by atoms with E-state index in [1.54, 1.807) is 6.20 Å². The maximum atomic E-state index is 12.9. The van der Waals surface area contributed by atoms with Gasteiger partial charge in [-0.25, -0.2) is 4.98 Å². The second-order valence-electron chi connectivity index (χ2n) is 7.77. The summed E-state index contributed by atoms with van der Waals surface area (Å²) in [6.45, 7) is 6.18. The van der Waals surface area contributed by atoms with Gasteiger partial charge in [0.15, 0.2) is 0 Å². The SMILES string of the molecule is CCOc1ccc(CC(=O)N2CCc3c(c(COc4cc(C)ccn4)nn3C)C2)cc1. The van der Waals surface area contributed by atoms with Gasteiger partial charge < -0.3 is 14.4 Å². The first-order valence-electron chi connectivity index (χ1n) is 10.6. The van der Waals surface area contributed by atoms with Crippen molar-refractivity contribution in [1.82, 2.24) is 19.7 Å². The van der Waals surface area contributed by atoms with E-state index in [2.05, 4.69) is 10.1 Å². The second kappa shape index (κ2) is 9.20. The van der Waals surface area contributed by atoms with Gasteiger partial charge in [-0.2, -0.15) is 5.10 Å². The Hall–Kier alpha value is -3.35. The van der Waals surface area contributed by atoms with Gasteiger partial charge in [0.25, 0.3) is 0 Å². The minimum atomic E-state index is 0.117. The Kier molecular flexibility index (Phi) is 6.21. The van der Waals surface area contributed by atoms with Crippen LogP contribution in [0.5, 0.6) is 11.6 Å². The van der Waals surface area contributed by atoms with Crippen LogP contribution in [0.25, 0.3) is 0 Å². The molecular weight excluding hydrogens is 392 g/mol. The average Bonchev–Trinajstić information content (AvgIpc) is 3.09. The fraction of sp³-hybridized carbons (Fsp3) is 0.375. The number of pyridine rings is 1. The Morgan fingerprint density at radius 1 is 1.16 bits per heavy atom. The zero-order valence-electron chi connectivity index (χ0n) is 18.3. The number of hydrogen-bond acceptors (Lipinski definition) is 5. The maximum Gasteiger partial charge on any atom is 0.227 e. The molecule has 3 heterocycles. The second-order valence-corrected chi connectivity index (χ2v) is 7.77. The molecule has 7 heteroatoms. The summed E-state index contributed by atoms with van der Waals surface area (Å²) in [6.07, 6.45) is 2.90. The summed E-state index contributed by atoms with van der Waals surface area (Å²) >= 11 is 0. The van der Waals surface area contributed by atoms with Crippen molar-refractivity contribution in [1.29, 1.82) is 0 Å². The van der Waals surface area contributed by atoms with Gasteiger partial charge >= 0.3 is 0 Å². The van der Waals surface area contributed by atoms with E-state index in [4.69, 9.17) is 9.47 Å². The van der Waals surface area contributed by atoms with Gasteiger partial charge in [-0.1, -0.05) is 12.1 Å². The van der Waals surface area contributed by atoms with E-state index in [-0.39, 0.29) is 5.91 Å². The van der Waals surface area contributed by atoms with Gasteiger partial charge in [0.05, 0.1) is 13.0 Å². The number of rotatable bonds is 7. The number of benzene rings is 1. The predicted octanol–water partition coefficient (Wildman–Crippen LogP) is 3.23. The molecule has 0 fully saturated rings. The Labute approximate surface area is 182 Å². The zero-order valence-corrected chi connectivity index (χ0v) is 18.3. The van der Waals surface area contributed by atoms with Crippen molar-refractivity contribution in [2.45, 2.75) is 39.8 Å². The number of nitrogens with zero attached hydrogens (tertiary/aromatic N) is 4. The van der Waals surface area contributed by atoms with E-state index in [1.165, 1.54) is 5.69 Å². The smallest absolute Gasteiger partial charge is 0.227 e. The van der Waals surface area contributed by atoms with Gasteiger partial charge in [-0.3, -0.25) is 9.48 Å². The highest BCUT2D eigenvalue weighted by Crippen LogP contribution is 2.24. The first kappa shape index (κ1) is 20.9. The Morgan fingerprint density at radius 3 is 2.71 bits per heavy atom. The lowest BCUT2D eigenvalue weighted by Crippen LogP contribution is -2.37. The van der Waals surface area contributed by atoms with E-state index in [0.29, 0.717) is 38.6 Å². The van der Waals surface area contributed by atoms with Gasteiger partial charge in [0, 0.05) is 50.1 Å². The summed E-state index contributed by atoms with van der Waals surface area (Å²) in [5.41, 5.74) is 5.19. The molecule has 4 rings (SSSR count). The van der Waals surface area contributed by atoms with Crippen LogP contribution in [0.1, 0.15) is 35.0 Å². The number of aryl methyl sites for hydroxylation is 2. The topological polar surface area (TPSA) is 69.5 Å². The van der Waals surface area contributed by atoms with Crippen LogP contribution in [0.15, 0.2) is 42.6 Å². The minimum Gasteiger partial charge on any atom is -0.494 e. The van der Waals surface area contributed by atoms with E-state index < -0.39 is 0 Å². The summed E-state index contributed by atoms with van der Waals surface area (Å²) in [4.78, 5) is 19.1. The quantitative estimate of drug-likeness (QED) is 0.587. The summed E-state index contributed by atoms with van der Waals surface area (Å²) in [7, 11) is 1.95. The number of ether oxygens (including phenoxy) is 2. The molecule has 1 aliphatic rings. The maximum absolute atomic E-state index is 12.9. The van der Waals surface area contributed by atoms with Crippen LogP contribution >= 0.6 is 0 Å². The predicted molar refractivity (Wildman–Crippen MR) is 117 cm³/mol. The summed E-state index contributed by atoms with van der Waals surface area (Å²) in [5.74, 6) is 1.52. The molecule has 0 bridgehead atoms. The molecule has 162 valence electrons. The number of hydrogen-bond donors (Lipinski definition) is 0. The molecule has 1 aromatic carbocycles. The molecule has 31 heavy (non-hydrogen) atoms. The van der Waals surface area contributed by atoms with Crippen molar-refractivity contribution in [2.24, 2.45) is 7.05 Å². The van der Waals surface area contributed by atoms with Crippen LogP contribution in [-0.2, 0) is 37.8 Å².